The van der Waals surface area contributed by atoms with Crippen molar-refractivity contribution in [1.29, 1.82) is 0 Å². The van der Waals surface area contributed by atoms with Crippen LogP contribution in [-0.2, 0) is 11.3 Å². The van der Waals surface area contributed by atoms with Crippen LogP contribution >= 0.6 is 0 Å². The predicted octanol–water partition coefficient (Wildman–Crippen LogP) is 1.48. The lowest BCUT2D eigenvalue weighted by Crippen LogP contribution is -2.30. The van der Waals surface area contributed by atoms with Crippen LogP contribution in [-0.4, -0.2) is 15.7 Å². The number of benzene rings is 1. The Morgan fingerprint density at radius 2 is 2.37 bits per heavy atom. The Balaban J connectivity index is 1.95. The smallest absolute Gasteiger partial charge is 0.242 e. The molecule has 1 unspecified atom stereocenters. The second-order valence-corrected chi connectivity index (χ2v) is 4.32. The average molecular weight is 262 g/mol. The zero-order valence-electron chi connectivity index (χ0n) is 10.5. The van der Waals surface area contributed by atoms with Crippen molar-refractivity contribution in [2.75, 3.05) is 5.73 Å². The number of anilines is 1. The Morgan fingerprint density at radius 1 is 1.58 bits per heavy atom. The first kappa shape index (κ1) is 13.1. The van der Waals surface area contributed by atoms with Gasteiger partial charge in [-0.05, 0) is 24.6 Å². The fourth-order valence-corrected chi connectivity index (χ4v) is 1.76. The minimum absolute atomic E-state index is 0.0802. The SMILES string of the molecule is CC(NC(=O)Cn1cc(N)cn1)c1cccc(F)c1. The molecule has 1 atom stereocenters. The van der Waals surface area contributed by atoms with Crippen molar-refractivity contribution < 1.29 is 9.18 Å². The number of amides is 1. The molecule has 1 heterocycles. The molecule has 0 bridgehead atoms. The van der Waals surface area contributed by atoms with Gasteiger partial charge in [-0.1, -0.05) is 12.1 Å². The maximum Gasteiger partial charge on any atom is 0.242 e. The van der Waals surface area contributed by atoms with E-state index in [0.29, 0.717) is 11.3 Å². The van der Waals surface area contributed by atoms with Crippen molar-refractivity contribution in [3.8, 4) is 0 Å². The lowest BCUT2D eigenvalue weighted by molar-refractivity contribution is -0.122. The summed E-state index contributed by atoms with van der Waals surface area (Å²) in [6, 6.07) is 5.87. The number of halogens is 1. The van der Waals surface area contributed by atoms with Crippen LogP contribution < -0.4 is 11.1 Å². The molecule has 2 rings (SSSR count). The highest BCUT2D eigenvalue weighted by atomic mass is 19.1. The Hall–Kier alpha value is -2.37. The van der Waals surface area contributed by atoms with Gasteiger partial charge in [0.1, 0.15) is 12.4 Å². The fraction of sp³-hybridized carbons (Fsp3) is 0.231. The van der Waals surface area contributed by atoms with Crippen LogP contribution in [0.1, 0.15) is 18.5 Å². The molecule has 0 radical (unpaired) electrons. The number of rotatable bonds is 4. The van der Waals surface area contributed by atoms with Gasteiger partial charge in [-0.3, -0.25) is 9.48 Å². The number of carbonyl (C=O) groups is 1. The van der Waals surface area contributed by atoms with Gasteiger partial charge in [-0.15, -0.1) is 0 Å². The first-order valence-electron chi connectivity index (χ1n) is 5.87. The van der Waals surface area contributed by atoms with Crippen LogP contribution in [0, 0.1) is 5.82 Å². The van der Waals surface area contributed by atoms with Crippen molar-refractivity contribution in [3.05, 3.63) is 48.0 Å². The van der Waals surface area contributed by atoms with Crippen molar-refractivity contribution in [2.45, 2.75) is 19.5 Å². The summed E-state index contributed by atoms with van der Waals surface area (Å²) < 4.78 is 14.5. The Kier molecular flexibility index (Phi) is 3.79. The third-order valence-corrected chi connectivity index (χ3v) is 2.68. The van der Waals surface area contributed by atoms with Crippen LogP contribution in [0.5, 0.6) is 0 Å². The van der Waals surface area contributed by atoms with Crippen molar-refractivity contribution in [1.82, 2.24) is 15.1 Å². The van der Waals surface area contributed by atoms with Gasteiger partial charge in [0.25, 0.3) is 0 Å². The monoisotopic (exact) mass is 262 g/mol. The molecule has 5 nitrogen and oxygen atoms in total. The number of nitrogen functional groups attached to an aromatic ring is 1. The number of aromatic nitrogens is 2. The lowest BCUT2D eigenvalue weighted by atomic mass is 10.1. The maximum atomic E-state index is 13.1. The van der Waals surface area contributed by atoms with E-state index in [1.54, 1.807) is 25.3 Å². The summed E-state index contributed by atoms with van der Waals surface area (Å²) in [7, 11) is 0. The van der Waals surface area contributed by atoms with Crippen molar-refractivity contribution in [2.24, 2.45) is 0 Å². The van der Waals surface area contributed by atoms with Crippen LogP contribution in [0.2, 0.25) is 0 Å². The molecule has 6 heteroatoms. The lowest BCUT2D eigenvalue weighted by Gasteiger charge is -2.14. The Bertz CT molecular complexity index is 582. The molecule has 0 aliphatic heterocycles. The first-order chi connectivity index (χ1) is 9.04. The summed E-state index contributed by atoms with van der Waals surface area (Å²) >= 11 is 0. The van der Waals surface area contributed by atoms with E-state index in [1.165, 1.54) is 23.0 Å². The molecule has 0 fully saturated rings. The van der Waals surface area contributed by atoms with E-state index in [4.69, 9.17) is 5.73 Å². The zero-order valence-corrected chi connectivity index (χ0v) is 10.5. The molecule has 2 aromatic rings. The average Bonchev–Trinajstić information content (AvgIpc) is 2.74. The van der Waals surface area contributed by atoms with Crippen LogP contribution in [0.25, 0.3) is 0 Å². The number of carbonyl (C=O) groups excluding carboxylic acids is 1. The molecule has 100 valence electrons. The number of hydrogen-bond acceptors (Lipinski definition) is 3. The molecule has 0 saturated carbocycles. The van der Waals surface area contributed by atoms with E-state index in [9.17, 15) is 9.18 Å². The van der Waals surface area contributed by atoms with Crippen LogP contribution in [0.4, 0.5) is 10.1 Å². The number of hydrogen-bond donors (Lipinski definition) is 2. The van der Waals surface area contributed by atoms with E-state index in [0.717, 1.165) is 0 Å². The molecule has 1 amide bonds. The van der Waals surface area contributed by atoms with Gasteiger partial charge in [-0.2, -0.15) is 5.10 Å². The standard InChI is InChI=1S/C13H15FN4O/c1-9(10-3-2-4-11(14)5-10)17-13(19)8-18-7-12(15)6-16-18/h2-7,9H,8,15H2,1H3,(H,17,19). The van der Waals surface area contributed by atoms with Gasteiger partial charge in [0.2, 0.25) is 5.91 Å². The summed E-state index contributed by atoms with van der Waals surface area (Å²) in [6.45, 7) is 1.88. The molecule has 0 saturated heterocycles. The summed E-state index contributed by atoms with van der Waals surface area (Å²) in [5.41, 5.74) is 6.73. The van der Waals surface area contributed by atoms with Gasteiger partial charge < -0.3 is 11.1 Å². The number of nitrogens with two attached hydrogens (primary N) is 1. The molecular weight excluding hydrogens is 247 g/mol. The van der Waals surface area contributed by atoms with E-state index < -0.39 is 0 Å². The van der Waals surface area contributed by atoms with Crippen molar-refractivity contribution in [3.63, 3.8) is 0 Å². The molecule has 1 aromatic carbocycles. The molecular formula is C13H15FN4O. The highest BCUT2D eigenvalue weighted by Crippen LogP contribution is 2.13. The van der Waals surface area contributed by atoms with Crippen LogP contribution in [0.3, 0.4) is 0 Å². The maximum absolute atomic E-state index is 13.1. The highest BCUT2D eigenvalue weighted by Gasteiger charge is 2.10. The second kappa shape index (κ2) is 5.51. The topological polar surface area (TPSA) is 72.9 Å². The van der Waals surface area contributed by atoms with E-state index in [1.807, 2.05) is 0 Å². The van der Waals surface area contributed by atoms with Crippen molar-refractivity contribution >= 4 is 11.6 Å². The molecule has 0 spiro atoms. The Labute approximate surface area is 110 Å². The van der Waals surface area contributed by atoms with Crippen LogP contribution in [0.15, 0.2) is 36.7 Å². The molecule has 19 heavy (non-hydrogen) atoms. The highest BCUT2D eigenvalue weighted by molar-refractivity contribution is 5.76. The quantitative estimate of drug-likeness (QED) is 0.876. The normalized spacial score (nSPS) is 12.1. The van der Waals surface area contributed by atoms with E-state index in [2.05, 4.69) is 10.4 Å². The second-order valence-electron chi connectivity index (χ2n) is 4.32. The number of nitrogens with zero attached hydrogens (tertiary/aromatic N) is 2. The number of nitrogens with one attached hydrogen (secondary N) is 1. The van der Waals surface area contributed by atoms with E-state index in [-0.39, 0.29) is 24.3 Å². The van der Waals surface area contributed by atoms with Gasteiger partial charge >= 0.3 is 0 Å². The fourth-order valence-electron chi connectivity index (χ4n) is 1.76. The minimum atomic E-state index is -0.321. The molecule has 3 N–H and O–H groups in total. The molecule has 0 aliphatic carbocycles. The third-order valence-electron chi connectivity index (χ3n) is 2.68. The largest absolute Gasteiger partial charge is 0.396 e. The zero-order chi connectivity index (χ0) is 13.8. The molecule has 1 aromatic heterocycles. The van der Waals surface area contributed by atoms with Gasteiger partial charge in [0.05, 0.1) is 17.9 Å². The summed E-state index contributed by atoms with van der Waals surface area (Å²) in [5, 5.41) is 6.69. The summed E-state index contributed by atoms with van der Waals surface area (Å²) in [6.07, 6.45) is 3.05. The predicted molar refractivity (Wildman–Crippen MR) is 69.6 cm³/mol. The van der Waals surface area contributed by atoms with Gasteiger partial charge in [-0.25, -0.2) is 4.39 Å². The van der Waals surface area contributed by atoms with Gasteiger partial charge in [0.15, 0.2) is 0 Å². The summed E-state index contributed by atoms with van der Waals surface area (Å²) in [5.74, 6) is -0.529. The minimum Gasteiger partial charge on any atom is -0.396 e. The van der Waals surface area contributed by atoms with Gasteiger partial charge in [0, 0.05) is 6.20 Å². The first-order valence-corrected chi connectivity index (χ1v) is 5.87. The Morgan fingerprint density at radius 3 is 3.00 bits per heavy atom. The van der Waals surface area contributed by atoms with E-state index >= 15 is 0 Å². The third kappa shape index (κ3) is 3.54. The molecule has 0 aliphatic rings. The summed E-state index contributed by atoms with van der Waals surface area (Å²) in [4.78, 5) is 11.8.